The molecular weight excluding hydrogens is 176 g/mol. The zero-order chi connectivity index (χ0) is 9.19. The highest BCUT2D eigenvalue weighted by molar-refractivity contribution is 7.87. The van der Waals surface area contributed by atoms with Crippen molar-refractivity contribution in [2.75, 3.05) is 12.9 Å². The van der Waals surface area contributed by atoms with Gasteiger partial charge in [0, 0.05) is 16.6 Å². The molecular formula is C8H12O3S. The Kier molecular flexibility index (Phi) is 2.67. The Morgan fingerprint density at radius 2 is 2.25 bits per heavy atom. The van der Waals surface area contributed by atoms with Crippen LogP contribution in [0.25, 0.3) is 0 Å². The number of carbonyl (C=O) groups excluding carboxylic acids is 1. The summed E-state index contributed by atoms with van der Waals surface area (Å²) in [6, 6.07) is 0. The average Bonchev–Trinajstić information content (AvgIpc) is 2.09. The molecule has 0 saturated heterocycles. The van der Waals surface area contributed by atoms with Gasteiger partial charge >= 0.3 is 5.97 Å². The average molecular weight is 188 g/mol. The van der Waals surface area contributed by atoms with E-state index in [1.807, 2.05) is 12.2 Å². The second-order valence-electron chi connectivity index (χ2n) is 2.91. The molecule has 0 saturated carbocycles. The third kappa shape index (κ3) is 1.43. The number of allylic oxidation sites excluding steroid dienone is 1. The summed E-state index contributed by atoms with van der Waals surface area (Å²) in [6.45, 7) is 1.68. The van der Waals surface area contributed by atoms with E-state index in [1.165, 1.54) is 7.11 Å². The van der Waals surface area contributed by atoms with Gasteiger partial charge in [-0.3, -0.25) is 9.00 Å². The van der Waals surface area contributed by atoms with Gasteiger partial charge in [-0.1, -0.05) is 12.2 Å². The second-order valence-corrected chi connectivity index (χ2v) is 4.84. The summed E-state index contributed by atoms with van der Waals surface area (Å²) < 4.78 is 15.2. The lowest BCUT2D eigenvalue weighted by molar-refractivity contribution is -0.143. The monoisotopic (exact) mass is 188 g/mol. The predicted octanol–water partition coefficient (Wildman–Crippen LogP) is 0.627. The Morgan fingerprint density at radius 3 is 2.75 bits per heavy atom. The van der Waals surface area contributed by atoms with Crippen molar-refractivity contribution in [1.82, 2.24) is 0 Å². The molecule has 0 amide bonds. The predicted molar refractivity (Wildman–Crippen MR) is 47.2 cm³/mol. The lowest BCUT2D eigenvalue weighted by Gasteiger charge is -2.26. The van der Waals surface area contributed by atoms with E-state index in [4.69, 9.17) is 0 Å². The van der Waals surface area contributed by atoms with E-state index < -0.39 is 15.5 Å². The van der Waals surface area contributed by atoms with Crippen molar-refractivity contribution < 1.29 is 13.7 Å². The molecule has 1 heterocycles. The number of methoxy groups -OCH3 is 1. The van der Waals surface area contributed by atoms with Crippen LogP contribution in [0.4, 0.5) is 0 Å². The molecule has 12 heavy (non-hydrogen) atoms. The number of carbonyl (C=O) groups is 1. The Morgan fingerprint density at radius 1 is 1.58 bits per heavy atom. The van der Waals surface area contributed by atoms with Gasteiger partial charge in [-0.05, 0) is 13.3 Å². The molecule has 4 heteroatoms. The lowest BCUT2D eigenvalue weighted by Crippen LogP contribution is -2.42. The molecule has 0 fully saturated rings. The Balaban J connectivity index is 2.89. The smallest absolute Gasteiger partial charge is 0.324 e. The number of hydrogen-bond acceptors (Lipinski definition) is 3. The largest absolute Gasteiger partial charge is 0.468 e. The SMILES string of the molecule is COC(=O)C1(C)CC=CCS1=O. The molecule has 0 aromatic heterocycles. The van der Waals surface area contributed by atoms with Gasteiger partial charge in [0.05, 0.1) is 7.11 Å². The lowest BCUT2D eigenvalue weighted by atomic mass is 10.1. The van der Waals surface area contributed by atoms with Crippen LogP contribution >= 0.6 is 0 Å². The minimum atomic E-state index is -1.13. The van der Waals surface area contributed by atoms with Crippen LogP contribution in [0, 0.1) is 0 Å². The molecule has 1 aliphatic heterocycles. The van der Waals surface area contributed by atoms with Crippen LogP contribution in [0.15, 0.2) is 12.2 Å². The summed E-state index contributed by atoms with van der Waals surface area (Å²) in [4.78, 5) is 11.2. The van der Waals surface area contributed by atoms with Crippen molar-refractivity contribution in [1.29, 1.82) is 0 Å². The van der Waals surface area contributed by atoms with Gasteiger partial charge < -0.3 is 4.74 Å². The molecule has 0 aromatic rings. The highest BCUT2D eigenvalue weighted by atomic mass is 32.2. The molecule has 0 N–H and O–H groups in total. The third-order valence-electron chi connectivity index (χ3n) is 2.04. The van der Waals surface area contributed by atoms with Crippen molar-refractivity contribution in [3.8, 4) is 0 Å². The van der Waals surface area contributed by atoms with Crippen LogP contribution in [-0.4, -0.2) is 27.8 Å². The highest BCUT2D eigenvalue weighted by Gasteiger charge is 2.40. The van der Waals surface area contributed by atoms with Gasteiger partial charge in [0.1, 0.15) is 4.75 Å². The number of ether oxygens (including phenoxy) is 1. The number of hydrogen-bond donors (Lipinski definition) is 0. The van der Waals surface area contributed by atoms with Gasteiger partial charge in [-0.15, -0.1) is 0 Å². The summed E-state index contributed by atoms with van der Waals surface area (Å²) in [6.07, 6.45) is 4.21. The van der Waals surface area contributed by atoms with Crippen LogP contribution in [0.3, 0.4) is 0 Å². The normalized spacial score (nSPS) is 34.7. The van der Waals surface area contributed by atoms with Crippen molar-refractivity contribution in [2.45, 2.75) is 18.1 Å². The first-order chi connectivity index (χ1) is 5.61. The van der Waals surface area contributed by atoms with E-state index in [-0.39, 0.29) is 5.97 Å². The fourth-order valence-corrected chi connectivity index (χ4v) is 2.36. The maximum atomic E-state index is 11.5. The maximum absolute atomic E-state index is 11.5. The maximum Gasteiger partial charge on any atom is 0.324 e. The van der Waals surface area contributed by atoms with Crippen molar-refractivity contribution >= 4 is 16.8 Å². The Labute approximate surface area is 74.2 Å². The first kappa shape index (κ1) is 9.45. The summed E-state index contributed by atoms with van der Waals surface area (Å²) >= 11 is 0. The van der Waals surface area contributed by atoms with E-state index in [1.54, 1.807) is 6.92 Å². The third-order valence-corrected chi connectivity index (χ3v) is 3.87. The van der Waals surface area contributed by atoms with Gasteiger partial charge in [-0.2, -0.15) is 0 Å². The van der Waals surface area contributed by atoms with E-state index in [0.29, 0.717) is 12.2 Å². The van der Waals surface area contributed by atoms with Crippen molar-refractivity contribution in [3.05, 3.63) is 12.2 Å². The van der Waals surface area contributed by atoms with E-state index in [2.05, 4.69) is 4.74 Å². The second kappa shape index (κ2) is 3.39. The minimum absolute atomic E-state index is 0.384. The van der Waals surface area contributed by atoms with E-state index >= 15 is 0 Å². The number of rotatable bonds is 1. The minimum Gasteiger partial charge on any atom is -0.468 e. The molecule has 68 valence electrons. The van der Waals surface area contributed by atoms with Crippen LogP contribution in [0.5, 0.6) is 0 Å². The van der Waals surface area contributed by atoms with Crippen LogP contribution in [0.2, 0.25) is 0 Å². The molecule has 0 aromatic carbocycles. The van der Waals surface area contributed by atoms with Crippen molar-refractivity contribution in [2.24, 2.45) is 0 Å². The molecule has 1 aliphatic rings. The van der Waals surface area contributed by atoms with E-state index in [9.17, 15) is 9.00 Å². The molecule has 2 unspecified atom stereocenters. The van der Waals surface area contributed by atoms with Gasteiger partial charge in [0.2, 0.25) is 0 Å². The zero-order valence-electron chi connectivity index (χ0n) is 7.20. The summed E-state index contributed by atoms with van der Waals surface area (Å²) in [7, 11) is 0.188. The fourth-order valence-electron chi connectivity index (χ4n) is 1.13. The zero-order valence-corrected chi connectivity index (χ0v) is 8.02. The topological polar surface area (TPSA) is 43.4 Å². The van der Waals surface area contributed by atoms with Crippen LogP contribution < -0.4 is 0 Å². The van der Waals surface area contributed by atoms with Gasteiger partial charge in [0.15, 0.2) is 0 Å². The molecule has 0 bridgehead atoms. The molecule has 0 spiro atoms. The highest BCUT2D eigenvalue weighted by Crippen LogP contribution is 2.24. The van der Waals surface area contributed by atoms with Gasteiger partial charge in [0.25, 0.3) is 0 Å². The Hall–Kier alpha value is -0.640. The fraction of sp³-hybridized carbons (Fsp3) is 0.625. The van der Waals surface area contributed by atoms with E-state index in [0.717, 1.165) is 0 Å². The van der Waals surface area contributed by atoms with Gasteiger partial charge in [-0.25, -0.2) is 0 Å². The first-order valence-corrected chi connectivity index (χ1v) is 5.05. The summed E-state index contributed by atoms with van der Waals surface area (Å²) in [5.41, 5.74) is 0. The molecule has 0 radical (unpaired) electrons. The molecule has 1 rings (SSSR count). The Bertz CT molecular complexity index is 247. The van der Waals surface area contributed by atoms with Crippen molar-refractivity contribution in [3.63, 3.8) is 0 Å². The quantitative estimate of drug-likeness (QED) is 0.447. The standard InChI is InChI=1S/C8H12O3S/c1-8(7(9)11-2)5-3-4-6-12(8)10/h3-4H,5-6H2,1-2H3. The molecule has 3 nitrogen and oxygen atoms in total. The molecule has 2 atom stereocenters. The van der Waals surface area contributed by atoms with Crippen LogP contribution in [-0.2, 0) is 20.3 Å². The number of esters is 1. The molecule has 0 aliphatic carbocycles. The first-order valence-electron chi connectivity index (χ1n) is 3.73. The van der Waals surface area contributed by atoms with Crippen LogP contribution in [0.1, 0.15) is 13.3 Å². The summed E-state index contributed by atoms with van der Waals surface area (Å²) in [5.74, 6) is 0.0659. The summed E-state index contributed by atoms with van der Waals surface area (Å²) in [5, 5.41) is 0.